The van der Waals surface area contributed by atoms with E-state index in [0.717, 1.165) is 48.9 Å². The molecule has 1 aliphatic carbocycles. The maximum absolute atomic E-state index is 9.55. The number of halogens is 2. The molecule has 0 unspecified atom stereocenters. The lowest BCUT2D eigenvalue weighted by atomic mass is 9.67. The van der Waals surface area contributed by atoms with Gasteiger partial charge < -0.3 is 19.8 Å². The van der Waals surface area contributed by atoms with Gasteiger partial charge in [0.05, 0.1) is 12.2 Å². The first-order valence-electron chi connectivity index (χ1n) is 11.1. The first-order chi connectivity index (χ1) is 15.2. The van der Waals surface area contributed by atoms with Gasteiger partial charge in [0.1, 0.15) is 0 Å². The van der Waals surface area contributed by atoms with Crippen molar-refractivity contribution in [2.24, 2.45) is 11.3 Å². The van der Waals surface area contributed by atoms with Crippen molar-refractivity contribution in [3.8, 4) is 0 Å². The molecule has 1 aromatic rings. The van der Waals surface area contributed by atoms with E-state index in [4.69, 9.17) is 38.2 Å². The Bertz CT molecular complexity index is 794. The van der Waals surface area contributed by atoms with Crippen molar-refractivity contribution >= 4 is 35.1 Å². The van der Waals surface area contributed by atoms with Gasteiger partial charge in [0.15, 0.2) is 0 Å². The summed E-state index contributed by atoms with van der Waals surface area (Å²) in [5.74, 6) is -1.75. The molecule has 0 aromatic heterocycles. The number of hydrogen-bond acceptors (Lipinski definition) is 4. The van der Waals surface area contributed by atoms with Crippen LogP contribution in [0.15, 0.2) is 30.4 Å². The molecule has 1 aromatic carbocycles. The molecular formula is C25H37Cl2NO5. The van der Waals surface area contributed by atoms with Gasteiger partial charge in [-0.1, -0.05) is 50.0 Å². The first-order valence-corrected chi connectivity index (χ1v) is 11.9. The van der Waals surface area contributed by atoms with Crippen molar-refractivity contribution in [2.45, 2.75) is 58.5 Å². The van der Waals surface area contributed by atoms with E-state index in [1.165, 1.54) is 12.8 Å². The van der Waals surface area contributed by atoms with Gasteiger partial charge >= 0.3 is 11.9 Å². The molecule has 0 bridgehead atoms. The molecule has 8 heteroatoms. The highest BCUT2D eigenvalue weighted by Crippen LogP contribution is 2.44. The second kappa shape index (κ2) is 13.3. The van der Waals surface area contributed by atoms with Crippen molar-refractivity contribution in [2.75, 3.05) is 27.2 Å². The quantitative estimate of drug-likeness (QED) is 0.437. The van der Waals surface area contributed by atoms with Gasteiger partial charge in [-0.2, -0.15) is 0 Å². The first kappa shape index (κ1) is 29.4. The standard InChI is InChI=1S/C21H33Cl2NO.C4H4O4/c1-20(2,3)17-8-10-21(11-9-17,25-13-12-24(4)5)15-16-6-7-18(22)14-19(16)23;5-3(6)1-2-4(7)8/h6-7,14,17H,8-13,15H2,1-5H3;1-2H,(H,5,6)(H,7,8)/b;2-1+. The number of benzene rings is 1. The van der Waals surface area contributed by atoms with Crippen molar-refractivity contribution in [1.29, 1.82) is 0 Å². The van der Waals surface area contributed by atoms with Crippen LogP contribution in [0.1, 0.15) is 52.0 Å². The minimum atomic E-state index is -1.26. The van der Waals surface area contributed by atoms with Gasteiger partial charge in [-0.15, -0.1) is 0 Å². The fourth-order valence-corrected chi connectivity index (χ4v) is 4.46. The lowest BCUT2D eigenvalue weighted by Crippen LogP contribution is -2.43. The van der Waals surface area contributed by atoms with Crippen LogP contribution in [0.2, 0.25) is 10.0 Å². The molecule has 0 spiro atoms. The molecular weight excluding hydrogens is 465 g/mol. The van der Waals surface area contributed by atoms with Gasteiger partial charge in [-0.25, -0.2) is 9.59 Å². The summed E-state index contributed by atoms with van der Waals surface area (Å²) in [5.41, 5.74) is 1.41. The number of aliphatic carboxylic acids is 2. The zero-order valence-corrected chi connectivity index (χ0v) is 21.7. The van der Waals surface area contributed by atoms with E-state index in [-0.39, 0.29) is 5.60 Å². The summed E-state index contributed by atoms with van der Waals surface area (Å²) in [6.45, 7) is 8.77. The van der Waals surface area contributed by atoms with Crippen LogP contribution in [0.5, 0.6) is 0 Å². The molecule has 33 heavy (non-hydrogen) atoms. The van der Waals surface area contributed by atoms with E-state index in [0.29, 0.717) is 22.6 Å². The highest BCUT2D eigenvalue weighted by molar-refractivity contribution is 6.35. The summed E-state index contributed by atoms with van der Waals surface area (Å²) in [6.07, 6.45) is 6.62. The Labute approximate surface area is 207 Å². The fraction of sp³-hybridized carbons (Fsp3) is 0.600. The molecule has 1 saturated carbocycles. The van der Waals surface area contributed by atoms with E-state index >= 15 is 0 Å². The van der Waals surface area contributed by atoms with Gasteiger partial charge in [0.2, 0.25) is 0 Å². The van der Waals surface area contributed by atoms with E-state index in [2.05, 4.69) is 45.8 Å². The summed E-state index contributed by atoms with van der Waals surface area (Å²) in [7, 11) is 4.17. The zero-order valence-electron chi connectivity index (χ0n) is 20.2. The van der Waals surface area contributed by atoms with Crippen LogP contribution in [-0.2, 0) is 20.7 Å². The zero-order chi connectivity index (χ0) is 25.2. The molecule has 0 atom stereocenters. The number of ether oxygens (including phenoxy) is 1. The highest BCUT2D eigenvalue weighted by Gasteiger charge is 2.40. The molecule has 1 aliphatic rings. The molecule has 2 rings (SSSR count). The molecule has 0 saturated heterocycles. The Hall–Kier alpha value is -1.60. The summed E-state index contributed by atoms with van der Waals surface area (Å²) >= 11 is 12.5. The Morgan fingerprint density at radius 2 is 1.67 bits per heavy atom. The smallest absolute Gasteiger partial charge is 0.328 e. The number of carboxylic acids is 2. The third-order valence-corrected chi connectivity index (χ3v) is 6.55. The predicted octanol–water partition coefficient (Wildman–Crippen LogP) is 5.80. The van der Waals surface area contributed by atoms with Crippen molar-refractivity contribution < 1.29 is 24.5 Å². The third-order valence-electron chi connectivity index (χ3n) is 5.96. The fourth-order valence-electron chi connectivity index (χ4n) is 3.98. The van der Waals surface area contributed by atoms with Gasteiger partial charge in [-0.3, -0.25) is 0 Å². The average Bonchev–Trinajstić information content (AvgIpc) is 2.68. The number of carboxylic acid groups (broad SMARTS) is 2. The molecule has 0 radical (unpaired) electrons. The molecule has 0 amide bonds. The highest BCUT2D eigenvalue weighted by atomic mass is 35.5. The van der Waals surface area contributed by atoms with Gasteiger partial charge in [-0.05, 0) is 68.8 Å². The Morgan fingerprint density at radius 1 is 1.12 bits per heavy atom. The molecule has 6 nitrogen and oxygen atoms in total. The van der Waals surface area contributed by atoms with Crippen LogP contribution in [0, 0.1) is 11.3 Å². The molecule has 0 heterocycles. The minimum Gasteiger partial charge on any atom is -0.478 e. The van der Waals surface area contributed by atoms with Crippen molar-refractivity contribution in [3.63, 3.8) is 0 Å². The van der Waals surface area contributed by atoms with Crippen LogP contribution in [0.25, 0.3) is 0 Å². The van der Waals surface area contributed by atoms with Crippen LogP contribution in [0.3, 0.4) is 0 Å². The topological polar surface area (TPSA) is 87.1 Å². The SMILES string of the molecule is CN(C)CCOC1(Cc2ccc(Cl)cc2Cl)CCC(C(C)(C)C)CC1.O=C(O)/C=C/C(=O)O. The number of carbonyl (C=O) groups is 2. The summed E-state index contributed by atoms with van der Waals surface area (Å²) in [4.78, 5) is 21.3. The molecule has 186 valence electrons. The van der Waals surface area contributed by atoms with E-state index in [1.54, 1.807) is 0 Å². The molecule has 1 fully saturated rings. The number of rotatable bonds is 8. The number of likely N-dealkylation sites (N-methyl/N-ethyl adjacent to an activating group) is 1. The normalized spacial score (nSPS) is 21.0. The third kappa shape index (κ3) is 11.4. The minimum absolute atomic E-state index is 0.102. The van der Waals surface area contributed by atoms with Gasteiger partial charge in [0, 0.05) is 35.2 Å². The summed E-state index contributed by atoms with van der Waals surface area (Å²) in [6, 6.07) is 5.82. The second-order valence-corrected chi connectivity index (χ2v) is 10.7. The van der Waals surface area contributed by atoms with Crippen LogP contribution in [0.4, 0.5) is 0 Å². The monoisotopic (exact) mass is 501 g/mol. The Kier molecular flexibility index (Phi) is 11.9. The van der Waals surface area contributed by atoms with Gasteiger partial charge in [0.25, 0.3) is 0 Å². The summed E-state index contributed by atoms with van der Waals surface area (Å²) < 4.78 is 6.50. The van der Waals surface area contributed by atoms with Crippen LogP contribution in [-0.4, -0.2) is 59.9 Å². The largest absolute Gasteiger partial charge is 0.478 e. The van der Waals surface area contributed by atoms with Crippen LogP contribution >= 0.6 is 23.2 Å². The van der Waals surface area contributed by atoms with Crippen molar-refractivity contribution in [1.82, 2.24) is 4.90 Å². The molecule has 0 aliphatic heterocycles. The van der Waals surface area contributed by atoms with Crippen molar-refractivity contribution in [3.05, 3.63) is 46.0 Å². The maximum Gasteiger partial charge on any atom is 0.328 e. The average molecular weight is 502 g/mol. The number of hydrogen-bond donors (Lipinski definition) is 2. The van der Waals surface area contributed by atoms with E-state index in [9.17, 15) is 9.59 Å². The number of nitrogens with zero attached hydrogens (tertiary/aromatic N) is 1. The van der Waals surface area contributed by atoms with E-state index < -0.39 is 11.9 Å². The lowest BCUT2D eigenvalue weighted by Gasteiger charge is -2.44. The Balaban J connectivity index is 0.000000582. The summed E-state index contributed by atoms with van der Waals surface area (Å²) in [5, 5.41) is 17.1. The second-order valence-electron chi connectivity index (χ2n) is 9.90. The predicted molar refractivity (Wildman–Crippen MR) is 133 cm³/mol. The van der Waals surface area contributed by atoms with Crippen LogP contribution < -0.4 is 0 Å². The van der Waals surface area contributed by atoms with E-state index in [1.807, 2.05) is 12.1 Å². The Morgan fingerprint density at radius 3 is 2.09 bits per heavy atom. The maximum atomic E-state index is 9.55. The molecule has 2 N–H and O–H groups in total. The lowest BCUT2D eigenvalue weighted by molar-refractivity contribution is -0.134.